The maximum Gasteiger partial charge on any atom is 0.264 e. The van der Waals surface area contributed by atoms with Crippen LogP contribution >= 0.6 is 0 Å². The lowest BCUT2D eigenvalue weighted by Gasteiger charge is -2.33. The number of aryl methyl sites for hydroxylation is 1. The number of hydrogen-bond acceptors (Lipinski definition) is 4. The van der Waals surface area contributed by atoms with Gasteiger partial charge in [-0.15, -0.1) is 0 Å². The molecular weight excluding hydrogens is 534 g/mol. The third-order valence-corrected chi connectivity index (χ3v) is 8.93. The van der Waals surface area contributed by atoms with Crippen molar-refractivity contribution in [2.45, 2.75) is 77.3 Å². The molecule has 0 radical (unpaired) electrons. The first kappa shape index (κ1) is 31.9. The van der Waals surface area contributed by atoms with Crippen LogP contribution in [0.3, 0.4) is 0 Å². The number of carbonyl (C=O) groups is 2. The molecule has 2 amide bonds. The number of amides is 2. The minimum atomic E-state index is -4.08. The molecular formula is C33H43N3O4S. The van der Waals surface area contributed by atoms with Crippen LogP contribution in [0.5, 0.6) is 0 Å². The van der Waals surface area contributed by atoms with Crippen molar-refractivity contribution in [2.24, 2.45) is 0 Å². The molecule has 0 aliphatic rings. The van der Waals surface area contributed by atoms with Gasteiger partial charge in [0.1, 0.15) is 12.6 Å². The first-order valence-electron chi connectivity index (χ1n) is 14.4. The summed E-state index contributed by atoms with van der Waals surface area (Å²) in [5.41, 5.74) is 3.40. The third-order valence-electron chi connectivity index (χ3n) is 7.15. The molecule has 0 aromatic heterocycles. The van der Waals surface area contributed by atoms with E-state index in [1.807, 2.05) is 57.2 Å². The van der Waals surface area contributed by atoms with Gasteiger partial charge in [-0.25, -0.2) is 8.42 Å². The number of anilines is 1. The van der Waals surface area contributed by atoms with Gasteiger partial charge in [0.2, 0.25) is 11.8 Å². The summed E-state index contributed by atoms with van der Waals surface area (Å²) < 4.78 is 29.0. The molecule has 3 rings (SSSR count). The highest BCUT2D eigenvalue weighted by molar-refractivity contribution is 7.92. The van der Waals surface area contributed by atoms with E-state index >= 15 is 0 Å². The Labute approximate surface area is 245 Å². The van der Waals surface area contributed by atoms with Crippen molar-refractivity contribution >= 4 is 27.5 Å². The lowest BCUT2D eigenvalue weighted by molar-refractivity contribution is -0.140. The van der Waals surface area contributed by atoms with E-state index in [1.165, 1.54) is 17.0 Å². The Kier molecular flexibility index (Phi) is 11.5. The maximum atomic E-state index is 14.1. The van der Waals surface area contributed by atoms with Gasteiger partial charge in [-0.05, 0) is 61.1 Å². The molecule has 1 N–H and O–H groups in total. The Morgan fingerprint density at radius 1 is 0.878 bits per heavy atom. The first-order chi connectivity index (χ1) is 19.6. The molecule has 0 heterocycles. The zero-order chi connectivity index (χ0) is 30.0. The van der Waals surface area contributed by atoms with E-state index in [9.17, 15) is 18.0 Å². The van der Waals surface area contributed by atoms with Crippen LogP contribution in [0.4, 0.5) is 5.69 Å². The topological polar surface area (TPSA) is 86.8 Å². The van der Waals surface area contributed by atoms with Gasteiger partial charge >= 0.3 is 0 Å². The highest BCUT2D eigenvalue weighted by Crippen LogP contribution is 2.27. The van der Waals surface area contributed by atoms with Crippen LogP contribution in [0.25, 0.3) is 0 Å². The number of nitrogens with one attached hydrogen (secondary N) is 1. The number of benzene rings is 3. The maximum absolute atomic E-state index is 14.1. The van der Waals surface area contributed by atoms with Crippen molar-refractivity contribution in [2.75, 3.05) is 17.4 Å². The molecule has 3 aromatic rings. The van der Waals surface area contributed by atoms with E-state index < -0.39 is 28.5 Å². The molecule has 8 heteroatoms. The summed E-state index contributed by atoms with van der Waals surface area (Å²) in [7, 11) is -4.08. The monoisotopic (exact) mass is 577 g/mol. The molecule has 7 nitrogen and oxygen atoms in total. The number of hydrogen-bond donors (Lipinski definition) is 1. The fourth-order valence-corrected chi connectivity index (χ4v) is 6.02. The highest BCUT2D eigenvalue weighted by Gasteiger charge is 2.33. The van der Waals surface area contributed by atoms with Crippen molar-refractivity contribution in [1.29, 1.82) is 0 Å². The van der Waals surface area contributed by atoms with E-state index in [-0.39, 0.29) is 23.3 Å². The molecule has 3 aromatic carbocycles. The Balaban J connectivity index is 2.03. The number of carbonyl (C=O) groups excluding carboxylic acids is 2. The standard InChI is InChI=1S/C33H43N3O4S/c1-6-8-22-34-33(38)31(7-2)35(23-27-16-14-26(5)15-17-27)32(37)24-36(29-20-18-28(19-21-29)25(3)4)41(39,40)30-12-10-9-11-13-30/h9-21,25,31H,6-8,22-24H2,1-5H3,(H,34,38)/t31-/m1/s1. The SMILES string of the molecule is CCCCNC(=O)[C@@H](CC)N(Cc1ccc(C)cc1)C(=O)CN(c1ccc(C(C)C)cc1)S(=O)(=O)c1ccccc1. The van der Waals surface area contributed by atoms with Gasteiger partial charge in [-0.1, -0.05) is 94.3 Å². The van der Waals surface area contributed by atoms with Gasteiger partial charge in [0.25, 0.3) is 10.0 Å². The summed E-state index contributed by atoms with van der Waals surface area (Å²) in [6.45, 7) is 10.3. The van der Waals surface area contributed by atoms with Gasteiger partial charge in [0.15, 0.2) is 0 Å². The molecule has 0 aliphatic carbocycles. The Morgan fingerprint density at radius 3 is 2.07 bits per heavy atom. The van der Waals surface area contributed by atoms with Gasteiger partial charge in [-0.2, -0.15) is 0 Å². The molecule has 0 aliphatic heterocycles. The minimum Gasteiger partial charge on any atom is -0.354 e. The summed E-state index contributed by atoms with van der Waals surface area (Å²) in [5.74, 6) is -0.415. The largest absolute Gasteiger partial charge is 0.354 e. The van der Waals surface area contributed by atoms with Gasteiger partial charge in [0.05, 0.1) is 10.6 Å². The van der Waals surface area contributed by atoms with Crippen LogP contribution in [0, 0.1) is 6.92 Å². The van der Waals surface area contributed by atoms with Gasteiger partial charge in [0, 0.05) is 13.1 Å². The molecule has 1 atom stereocenters. The lowest BCUT2D eigenvalue weighted by Crippen LogP contribution is -2.52. The Bertz CT molecular complexity index is 1370. The first-order valence-corrected chi connectivity index (χ1v) is 15.8. The summed E-state index contributed by atoms with van der Waals surface area (Å²) in [4.78, 5) is 29.0. The smallest absolute Gasteiger partial charge is 0.264 e. The summed E-state index contributed by atoms with van der Waals surface area (Å²) in [6.07, 6.45) is 2.17. The molecule has 0 fully saturated rings. The van der Waals surface area contributed by atoms with Crippen molar-refractivity contribution in [1.82, 2.24) is 10.2 Å². The van der Waals surface area contributed by atoms with Crippen LogP contribution < -0.4 is 9.62 Å². The molecule has 220 valence electrons. The number of unbranched alkanes of at least 4 members (excludes halogenated alkanes) is 1. The van der Waals surface area contributed by atoms with E-state index in [4.69, 9.17) is 0 Å². The Hall–Kier alpha value is -3.65. The zero-order valence-electron chi connectivity index (χ0n) is 24.8. The second kappa shape index (κ2) is 14.8. The van der Waals surface area contributed by atoms with Gasteiger partial charge < -0.3 is 10.2 Å². The number of rotatable bonds is 14. The summed E-state index contributed by atoms with van der Waals surface area (Å²) in [6, 6.07) is 22.4. The molecule has 0 spiro atoms. The van der Waals surface area contributed by atoms with Crippen molar-refractivity contribution < 1.29 is 18.0 Å². The predicted molar refractivity (Wildman–Crippen MR) is 165 cm³/mol. The quantitative estimate of drug-likeness (QED) is 0.237. The van der Waals surface area contributed by atoms with Crippen LogP contribution in [-0.4, -0.2) is 44.3 Å². The van der Waals surface area contributed by atoms with Crippen LogP contribution in [0.15, 0.2) is 83.8 Å². The lowest BCUT2D eigenvalue weighted by atomic mass is 10.0. The molecule has 0 saturated carbocycles. The van der Waals surface area contributed by atoms with Crippen LogP contribution in [0.2, 0.25) is 0 Å². The van der Waals surface area contributed by atoms with E-state index in [0.717, 1.165) is 33.8 Å². The second-order valence-electron chi connectivity index (χ2n) is 10.6. The average molecular weight is 578 g/mol. The third kappa shape index (κ3) is 8.43. The fraction of sp³-hybridized carbons (Fsp3) is 0.394. The number of nitrogens with zero attached hydrogens (tertiary/aromatic N) is 2. The van der Waals surface area contributed by atoms with Crippen molar-refractivity contribution in [3.8, 4) is 0 Å². The van der Waals surface area contributed by atoms with E-state index in [0.29, 0.717) is 18.7 Å². The summed E-state index contributed by atoms with van der Waals surface area (Å²) >= 11 is 0. The van der Waals surface area contributed by atoms with Crippen LogP contribution in [0.1, 0.15) is 69.6 Å². The second-order valence-corrected chi connectivity index (χ2v) is 12.5. The fourth-order valence-electron chi connectivity index (χ4n) is 4.59. The molecule has 41 heavy (non-hydrogen) atoms. The van der Waals surface area contributed by atoms with Gasteiger partial charge in [-0.3, -0.25) is 13.9 Å². The normalized spacial score (nSPS) is 12.1. The highest BCUT2D eigenvalue weighted by atomic mass is 32.2. The predicted octanol–water partition coefficient (Wildman–Crippen LogP) is 6.04. The average Bonchev–Trinajstić information content (AvgIpc) is 2.97. The Morgan fingerprint density at radius 2 is 1.51 bits per heavy atom. The number of sulfonamides is 1. The van der Waals surface area contributed by atoms with E-state index in [2.05, 4.69) is 19.2 Å². The van der Waals surface area contributed by atoms with E-state index in [1.54, 1.807) is 30.3 Å². The molecule has 0 saturated heterocycles. The zero-order valence-corrected chi connectivity index (χ0v) is 25.7. The minimum absolute atomic E-state index is 0.0928. The van der Waals surface area contributed by atoms with Crippen molar-refractivity contribution in [3.05, 3.63) is 95.6 Å². The summed E-state index contributed by atoms with van der Waals surface area (Å²) in [5, 5.41) is 2.96. The molecule has 0 bridgehead atoms. The van der Waals surface area contributed by atoms with Crippen LogP contribution in [-0.2, 0) is 26.2 Å². The van der Waals surface area contributed by atoms with Crippen molar-refractivity contribution in [3.63, 3.8) is 0 Å². The molecule has 0 unspecified atom stereocenters.